The number of alkyl carbamates (subject to hydrolysis) is 1. The summed E-state index contributed by atoms with van der Waals surface area (Å²) >= 11 is 2.71. The van der Waals surface area contributed by atoms with E-state index in [0.717, 1.165) is 15.8 Å². The third-order valence-electron chi connectivity index (χ3n) is 7.24. The monoisotopic (exact) mass is 717 g/mol. The number of ether oxygens (including phenoxy) is 4. The van der Waals surface area contributed by atoms with Gasteiger partial charge in [0.25, 0.3) is 0 Å². The fourth-order valence-electron chi connectivity index (χ4n) is 5.04. The fraction of sp³-hybridized carbons (Fsp3) is 0.286. The standard InChI is InChI=1S/C35H35N5O8S2/c1-35(2,3)48-33(42)36-20-21-10-13-23(14-11-21)45-17-6-9-28-29(47-34(43)44)38-30(49-28)22-12-15-26-25(19-22)40(16-18-46-26)32(41)39-31-37-24-7-4-5-8-27(24)50-31/h4-5,7-8,10-15,19H,6,9,16-18,20H2,1-3H3,(H,36,42)(H,43,44)(H,37,39,41). The number of carbonyl (C=O) groups is 3. The smallest absolute Gasteiger partial charge is 0.494 e. The summed E-state index contributed by atoms with van der Waals surface area (Å²) in [6.45, 7) is 6.76. The molecule has 1 aliphatic heterocycles. The number of aromatic nitrogens is 2. The van der Waals surface area contributed by atoms with E-state index < -0.39 is 17.8 Å². The maximum absolute atomic E-state index is 13.4. The summed E-state index contributed by atoms with van der Waals surface area (Å²) in [5.41, 5.74) is 2.37. The van der Waals surface area contributed by atoms with Crippen LogP contribution >= 0.6 is 22.7 Å². The highest BCUT2D eigenvalue weighted by atomic mass is 32.1. The molecule has 0 unspecified atom stereocenters. The number of anilines is 2. The summed E-state index contributed by atoms with van der Waals surface area (Å²) in [5, 5.41) is 16.0. The highest BCUT2D eigenvalue weighted by Gasteiger charge is 2.26. The molecule has 0 saturated heterocycles. The van der Waals surface area contributed by atoms with E-state index in [1.807, 2.05) is 54.6 Å². The normalized spacial score (nSPS) is 12.5. The van der Waals surface area contributed by atoms with Crippen LogP contribution in [0.4, 0.5) is 25.2 Å². The first-order chi connectivity index (χ1) is 24.0. The van der Waals surface area contributed by atoms with Crippen molar-refractivity contribution in [2.24, 2.45) is 0 Å². The van der Waals surface area contributed by atoms with E-state index in [1.165, 1.54) is 22.7 Å². The predicted octanol–water partition coefficient (Wildman–Crippen LogP) is 7.94. The Balaban J connectivity index is 1.08. The second-order valence-corrected chi connectivity index (χ2v) is 14.3. The molecular weight excluding hydrogens is 683 g/mol. The van der Waals surface area contributed by atoms with Crippen LogP contribution in [0, 0.1) is 0 Å². The van der Waals surface area contributed by atoms with Crippen LogP contribution in [0.1, 0.15) is 37.6 Å². The molecule has 260 valence electrons. The van der Waals surface area contributed by atoms with Gasteiger partial charge in [0, 0.05) is 12.1 Å². The van der Waals surface area contributed by atoms with Crippen molar-refractivity contribution in [3.05, 3.63) is 77.2 Å². The Hall–Kier alpha value is -5.41. The van der Waals surface area contributed by atoms with Crippen LogP contribution < -0.4 is 29.7 Å². The molecular formula is C35H35N5O8S2. The number of carboxylic acid groups (broad SMARTS) is 1. The molecule has 0 saturated carbocycles. The topological polar surface area (TPSA) is 161 Å². The zero-order valence-corrected chi connectivity index (χ0v) is 29.2. The summed E-state index contributed by atoms with van der Waals surface area (Å²) in [5.74, 6) is 1.22. The number of nitrogens with zero attached hydrogens (tertiary/aromatic N) is 3. The van der Waals surface area contributed by atoms with E-state index in [1.54, 1.807) is 37.8 Å². The first-order valence-electron chi connectivity index (χ1n) is 15.8. The van der Waals surface area contributed by atoms with Gasteiger partial charge in [-0.15, -0.1) is 11.3 Å². The van der Waals surface area contributed by atoms with Gasteiger partial charge >= 0.3 is 18.3 Å². The number of carbonyl (C=O) groups excluding carboxylic acids is 2. The van der Waals surface area contributed by atoms with Crippen molar-refractivity contribution in [2.75, 3.05) is 30.0 Å². The average Bonchev–Trinajstić information content (AvgIpc) is 3.67. The molecule has 2 aromatic heterocycles. The van der Waals surface area contributed by atoms with Crippen molar-refractivity contribution in [3.63, 3.8) is 0 Å². The zero-order chi connectivity index (χ0) is 35.3. The van der Waals surface area contributed by atoms with E-state index in [2.05, 4.69) is 20.6 Å². The molecule has 0 radical (unpaired) electrons. The molecule has 15 heteroatoms. The number of hydrogen-bond acceptors (Lipinski definition) is 11. The summed E-state index contributed by atoms with van der Waals surface area (Å²) < 4.78 is 23.0. The van der Waals surface area contributed by atoms with Gasteiger partial charge in [-0.25, -0.2) is 24.4 Å². The number of nitrogens with one attached hydrogen (secondary N) is 2. The van der Waals surface area contributed by atoms with Gasteiger partial charge in [0.2, 0.25) is 5.88 Å². The second kappa shape index (κ2) is 15.0. The summed E-state index contributed by atoms with van der Waals surface area (Å²) in [6, 6.07) is 20.1. The van der Waals surface area contributed by atoms with Crippen molar-refractivity contribution < 1.29 is 38.4 Å². The SMILES string of the molecule is CC(C)(C)OC(=O)NCc1ccc(OCCCc2sc(-c3ccc4c(c3)N(C(=O)Nc3nc5ccccc5s3)CCO4)nc2OC(=O)O)cc1. The molecule has 3 aromatic carbocycles. The Bertz CT molecular complexity index is 1970. The van der Waals surface area contributed by atoms with Gasteiger partial charge in [-0.3, -0.25) is 10.2 Å². The molecule has 3 N–H and O–H groups in total. The van der Waals surface area contributed by atoms with Gasteiger partial charge in [0.15, 0.2) is 5.13 Å². The second-order valence-electron chi connectivity index (χ2n) is 12.2. The number of hydrogen-bond donors (Lipinski definition) is 3. The van der Waals surface area contributed by atoms with E-state index in [4.69, 9.17) is 18.9 Å². The van der Waals surface area contributed by atoms with Crippen LogP contribution in [-0.4, -0.2) is 58.7 Å². The van der Waals surface area contributed by atoms with Crippen LogP contribution in [-0.2, 0) is 17.7 Å². The molecule has 0 aliphatic carbocycles. The minimum absolute atomic E-state index is 0.0127. The minimum atomic E-state index is -1.46. The molecule has 50 heavy (non-hydrogen) atoms. The van der Waals surface area contributed by atoms with Gasteiger partial charge in [-0.05, 0) is 81.6 Å². The van der Waals surface area contributed by atoms with Crippen LogP contribution in [0.3, 0.4) is 0 Å². The van der Waals surface area contributed by atoms with Crippen LogP contribution in [0.2, 0.25) is 0 Å². The lowest BCUT2D eigenvalue weighted by atomic mass is 10.1. The molecule has 13 nitrogen and oxygen atoms in total. The van der Waals surface area contributed by atoms with Gasteiger partial charge in [0.05, 0.1) is 33.9 Å². The van der Waals surface area contributed by atoms with Gasteiger partial charge in [-0.1, -0.05) is 35.6 Å². The molecule has 0 atom stereocenters. The first-order valence-corrected chi connectivity index (χ1v) is 17.4. The number of amides is 3. The van der Waals surface area contributed by atoms with Crippen LogP contribution in [0.15, 0.2) is 66.7 Å². The Morgan fingerprint density at radius 3 is 2.58 bits per heavy atom. The lowest BCUT2D eigenvalue weighted by molar-refractivity contribution is 0.0523. The highest BCUT2D eigenvalue weighted by Crippen LogP contribution is 2.40. The Morgan fingerprint density at radius 2 is 1.82 bits per heavy atom. The fourth-order valence-corrected chi connectivity index (χ4v) is 6.93. The third-order valence-corrected chi connectivity index (χ3v) is 9.34. The molecule has 3 heterocycles. The summed E-state index contributed by atoms with van der Waals surface area (Å²) in [6.07, 6.45) is -0.917. The van der Waals surface area contributed by atoms with E-state index in [0.29, 0.717) is 76.9 Å². The lowest BCUT2D eigenvalue weighted by Gasteiger charge is -2.29. The van der Waals surface area contributed by atoms with Crippen molar-refractivity contribution in [1.29, 1.82) is 0 Å². The van der Waals surface area contributed by atoms with E-state index >= 15 is 0 Å². The molecule has 1 aliphatic rings. The number of thiazole rings is 2. The number of urea groups is 1. The van der Waals surface area contributed by atoms with Crippen molar-refractivity contribution in [3.8, 4) is 28.0 Å². The number of benzene rings is 3. The highest BCUT2D eigenvalue weighted by molar-refractivity contribution is 7.22. The quantitative estimate of drug-likeness (QED) is 0.0955. The molecule has 0 fully saturated rings. The van der Waals surface area contributed by atoms with Crippen molar-refractivity contribution >= 4 is 62.0 Å². The molecule has 3 amide bonds. The van der Waals surface area contributed by atoms with Crippen LogP contribution in [0.25, 0.3) is 20.8 Å². The van der Waals surface area contributed by atoms with Gasteiger partial charge in [0.1, 0.15) is 28.7 Å². The Morgan fingerprint density at radius 1 is 1.02 bits per heavy atom. The number of para-hydroxylation sites is 1. The third kappa shape index (κ3) is 8.78. The molecule has 0 spiro atoms. The first kappa shape index (κ1) is 34.5. The molecule has 6 rings (SSSR count). The summed E-state index contributed by atoms with van der Waals surface area (Å²) in [7, 11) is 0. The Labute approximate surface area is 295 Å². The van der Waals surface area contributed by atoms with E-state index in [-0.39, 0.29) is 11.9 Å². The van der Waals surface area contributed by atoms with Crippen molar-refractivity contribution in [1.82, 2.24) is 15.3 Å². The average molecular weight is 718 g/mol. The Kier molecular flexibility index (Phi) is 10.3. The van der Waals surface area contributed by atoms with Gasteiger partial charge in [-0.2, -0.15) is 0 Å². The number of rotatable bonds is 10. The maximum atomic E-state index is 13.4. The number of fused-ring (bicyclic) bond motifs is 2. The largest absolute Gasteiger partial charge is 0.512 e. The summed E-state index contributed by atoms with van der Waals surface area (Å²) in [4.78, 5) is 48.0. The lowest BCUT2D eigenvalue weighted by Crippen LogP contribution is -2.40. The minimum Gasteiger partial charge on any atom is -0.494 e. The van der Waals surface area contributed by atoms with E-state index in [9.17, 15) is 19.5 Å². The van der Waals surface area contributed by atoms with Crippen molar-refractivity contribution in [2.45, 2.75) is 45.8 Å². The van der Waals surface area contributed by atoms with Crippen LogP contribution in [0.5, 0.6) is 17.4 Å². The number of aryl methyl sites for hydroxylation is 1. The maximum Gasteiger partial charge on any atom is 0.512 e. The molecule has 0 bridgehead atoms. The zero-order valence-electron chi connectivity index (χ0n) is 27.6. The van der Waals surface area contributed by atoms with Gasteiger partial charge < -0.3 is 29.4 Å². The molecule has 5 aromatic rings. The predicted molar refractivity (Wildman–Crippen MR) is 191 cm³/mol.